The van der Waals surface area contributed by atoms with Crippen LogP contribution < -0.4 is 4.72 Å². The van der Waals surface area contributed by atoms with Gasteiger partial charge >= 0.3 is 0 Å². The molecule has 0 unspecified atom stereocenters. The molecule has 4 nitrogen and oxygen atoms in total. The van der Waals surface area contributed by atoms with Crippen LogP contribution in [-0.4, -0.2) is 18.6 Å². The van der Waals surface area contributed by atoms with Gasteiger partial charge in [-0.2, -0.15) is 0 Å². The average molecular weight is 225 g/mol. The summed E-state index contributed by atoms with van der Waals surface area (Å²) in [7, 11) is -3.65. The second-order valence-corrected chi connectivity index (χ2v) is 4.49. The Balaban J connectivity index is 2.93. The first-order valence-corrected chi connectivity index (χ1v) is 5.40. The van der Waals surface area contributed by atoms with Crippen molar-refractivity contribution in [2.24, 2.45) is 0 Å². The van der Waals surface area contributed by atoms with Gasteiger partial charge < -0.3 is 0 Å². The molecule has 0 amide bonds. The van der Waals surface area contributed by atoms with Gasteiger partial charge in [0.15, 0.2) is 5.82 Å². The van der Waals surface area contributed by atoms with Crippen LogP contribution in [-0.2, 0) is 10.0 Å². The van der Waals surface area contributed by atoms with Crippen LogP contribution in [0.4, 0.5) is 10.1 Å². The van der Waals surface area contributed by atoms with Crippen LogP contribution >= 0.6 is 11.6 Å². The molecule has 0 radical (unpaired) electrons. The van der Waals surface area contributed by atoms with Gasteiger partial charge in [-0.3, -0.25) is 9.71 Å². The zero-order chi connectivity index (χ0) is 9.90. The summed E-state index contributed by atoms with van der Waals surface area (Å²) < 4.78 is 36.6. The highest BCUT2D eigenvalue weighted by atomic mass is 35.5. The number of pyridine rings is 1. The first kappa shape index (κ1) is 10.2. The van der Waals surface area contributed by atoms with E-state index in [0.29, 0.717) is 0 Å². The van der Waals surface area contributed by atoms with Crippen LogP contribution in [0, 0.1) is 5.82 Å². The van der Waals surface area contributed by atoms with Crippen molar-refractivity contribution < 1.29 is 12.8 Å². The predicted octanol–water partition coefficient (Wildman–Crippen LogP) is 1.16. The molecule has 1 heterocycles. The molecule has 1 aromatic rings. The van der Waals surface area contributed by atoms with Gasteiger partial charge in [-0.1, -0.05) is 0 Å². The molecule has 13 heavy (non-hydrogen) atoms. The van der Waals surface area contributed by atoms with Crippen LogP contribution in [0.15, 0.2) is 18.5 Å². The Morgan fingerprint density at radius 2 is 2.31 bits per heavy atom. The molecule has 0 aromatic carbocycles. The van der Waals surface area contributed by atoms with E-state index in [1.165, 1.54) is 12.3 Å². The van der Waals surface area contributed by atoms with Crippen molar-refractivity contribution in [2.45, 2.75) is 0 Å². The summed E-state index contributed by atoms with van der Waals surface area (Å²) in [6, 6.07) is 1.21. The molecule has 0 saturated carbocycles. The third kappa shape index (κ3) is 2.82. The lowest BCUT2D eigenvalue weighted by molar-refractivity contribution is 0.602. The van der Waals surface area contributed by atoms with E-state index in [4.69, 9.17) is 11.6 Å². The van der Waals surface area contributed by atoms with Crippen LogP contribution in [0.2, 0.25) is 0 Å². The van der Waals surface area contributed by atoms with E-state index in [9.17, 15) is 12.8 Å². The Bertz CT molecular complexity index is 395. The molecule has 1 N–H and O–H groups in total. The lowest BCUT2D eigenvalue weighted by Crippen LogP contribution is -2.14. The number of alkyl halides is 1. The standard InChI is InChI=1S/C6H6ClFN2O2S/c7-4-13(11,12)10-6-1-2-9-3-5(6)8/h1-3H,4H2,(H,9,10). The summed E-state index contributed by atoms with van der Waals surface area (Å²) >= 11 is 5.11. The molecule has 1 rings (SSSR count). The number of nitrogens with zero attached hydrogens (tertiary/aromatic N) is 1. The molecule has 0 spiro atoms. The molecule has 0 aliphatic heterocycles. The Morgan fingerprint density at radius 1 is 1.62 bits per heavy atom. The lowest BCUT2D eigenvalue weighted by Gasteiger charge is -2.04. The Hall–Kier alpha value is -0.880. The number of hydrogen-bond acceptors (Lipinski definition) is 3. The monoisotopic (exact) mass is 224 g/mol. The van der Waals surface area contributed by atoms with E-state index in [1.807, 2.05) is 4.72 Å². The zero-order valence-electron chi connectivity index (χ0n) is 6.37. The second-order valence-electron chi connectivity index (χ2n) is 2.18. The van der Waals surface area contributed by atoms with Gasteiger partial charge in [-0.15, -0.1) is 11.6 Å². The van der Waals surface area contributed by atoms with Gasteiger partial charge in [-0.25, -0.2) is 12.8 Å². The van der Waals surface area contributed by atoms with Gasteiger partial charge in [-0.05, 0) is 6.07 Å². The van der Waals surface area contributed by atoms with Crippen molar-refractivity contribution >= 4 is 27.3 Å². The summed E-state index contributed by atoms with van der Waals surface area (Å²) in [6.45, 7) is 0. The number of nitrogens with one attached hydrogen (secondary N) is 1. The minimum Gasteiger partial charge on any atom is -0.279 e. The van der Waals surface area contributed by atoms with Crippen molar-refractivity contribution in [3.63, 3.8) is 0 Å². The lowest BCUT2D eigenvalue weighted by atomic mass is 10.4. The predicted molar refractivity (Wildman–Crippen MR) is 47.5 cm³/mol. The third-order valence-electron chi connectivity index (χ3n) is 1.18. The minimum absolute atomic E-state index is 0.157. The zero-order valence-corrected chi connectivity index (χ0v) is 7.94. The van der Waals surface area contributed by atoms with E-state index in [2.05, 4.69) is 4.98 Å². The van der Waals surface area contributed by atoms with Gasteiger partial charge in [0.1, 0.15) is 5.21 Å². The fraction of sp³-hybridized carbons (Fsp3) is 0.167. The molecule has 72 valence electrons. The van der Waals surface area contributed by atoms with Crippen LogP contribution in [0.25, 0.3) is 0 Å². The van der Waals surface area contributed by atoms with Crippen molar-refractivity contribution in [2.75, 3.05) is 9.93 Å². The first-order chi connectivity index (χ1) is 6.05. The Kier molecular flexibility index (Phi) is 3.05. The molecular weight excluding hydrogens is 219 g/mol. The number of aromatic nitrogens is 1. The Morgan fingerprint density at radius 3 is 2.85 bits per heavy atom. The second kappa shape index (κ2) is 3.89. The molecule has 7 heteroatoms. The maximum Gasteiger partial charge on any atom is 0.246 e. The number of hydrogen-bond donors (Lipinski definition) is 1. The van der Waals surface area contributed by atoms with E-state index in [0.717, 1.165) is 6.20 Å². The highest BCUT2D eigenvalue weighted by molar-refractivity contribution is 7.93. The van der Waals surface area contributed by atoms with Crippen LogP contribution in [0.3, 0.4) is 0 Å². The van der Waals surface area contributed by atoms with Crippen LogP contribution in [0.5, 0.6) is 0 Å². The number of anilines is 1. The number of rotatable bonds is 3. The highest BCUT2D eigenvalue weighted by Crippen LogP contribution is 2.12. The number of halogens is 2. The molecule has 0 aliphatic rings. The van der Waals surface area contributed by atoms with Gasteiger partial charge in [0.2, 0.25) is 10.0 Å². The summed E-state index contributed by atoms with van der Waals surface area (Å²) in [5, 5.41) is -0.616. The quantitative estimate of drug-likeness (QED) is 0.784. The molecule has 0 saturated heterocycles. The maximum absolute atomic E-state index is 12.8. The normalized spacial score (nSPS) is 11.2. The van der Waals surface area contributed by atoms with E-state index in [-0.39, 0.29) is 5.69 Å². The van der Waals surface area contributed by atoms with Crippen molar-refractivity contribution in [1.29, 1.82) is 0 Å². The van der Waals surface area contributed by atoms with E-state index in [1.54, 1.807) is 0 Å². The molecule has 1 aromatic heterocycles. The van der Waals surface area contributed by atoms with Gasteiger partial charge in [0.25, 0.3) is 0 Å². The van der Waals surface area contributed by atoms with E-state index >= 15 is 0 Å². The maximum atomic E-state index is 12.8. The van der Waals surface area contributed by atoms with Gasteiger partial charge in [0.05, 0.1) is 11.9 Å². The first-order valence-electron chi connectivity index (χ1n) is 3.21. The topological polar surface area (TPSA) is 59.1 Å². The molecule has 0 bridgehead atoms. The largest absolute Gasteiger partial charge is 0.279 e. The summed E-state index contributed by atoms with van der Waals surface area (Å²) in [4.78, 5) is 3.46. The van der Waals surface area contributed by atoms with Crippen molar-refractivity contribution in [1.82, 2.24) is 4.98 Å². The fourth-order valence-corrected chi connectivity index (χ4v) is 1.37. The summed E-state index contributed by atoms with van der Waals surface area (Å²) in [6.07, 6.45) is 2.18. The van der Waals surface area contributed by atoms with Crippen molar-refractivity contribution in [3.05, 3.63) is 24.3 Å². The molecular formula is C6H6ClFN2O2S. The smallest absolute Gasteiger partial charge is 0.246 e. The number of sulfonamides is 1. The van der Waals surface area contributed by atoms with Crippen molar-refractivity contribution in [3.8, 4) is 0 Å². The third-order valence-corrected chi connectivity index (χ3v) is 2.86. The van der Waals surface area contributed by atoms with Crippen LogP contribution in [0.1, 0.15) is 0 Å². The molecule has 0 fully saturated rings. The molecule has 0 aliphatic carbocycles. The average Bonchev–Trinajstić information content (AvgIpc) is 2.09. The fourth-order valence-electron chi connectivity index (χ4n) is 0.653. The molecule has 0 atom stereocenters. The highest BCUT2D eigenvalue weighted by Gasteiger charge is 2.10. The Labute approximate surface area is 79.8 Å². The minimum atomic E-state index is -3.65. The van der Waals surface area contributed by atoms with Gasteiger partial charge in [0, 0.05) is 6.20 Å². The summed E-state index contributed by atoms with van der Waals surface area (Å²) in [5.41, 5.74) is -0.157. The summed E-state index contributed by atoms with van der Waals surface area (Å²) in [5.74, 6) is -0.740. The van der Waals surface area contributed by atoms with E-state index < -0.39 is 21.1 Å². The SMILES string of the molecule is O=S(=O)(CCl)Nc1ccncc1F.